The Morgan fingerprint density at radius 2 is 1.80 bits per heavy atom. The Labute approximate surface area is 91.2 Å². The van der Waals surface area contributed by atoms with E-state index in [0.717, 1.165) is 5.56 Å². The summed E-state index contributed by atoms with van der Waals surface area (Å²) >= 11 is 0. The highest BCUT2D eigenvalue weighted by molar-refractivity contribution is 7.86. The topological polar surface area (TPSA) is 43.4 Å². The molecule has 0 aliphatic carbocycles. The Hall–Kier alpha value is -0.870. The molecular formula is C11H16O3S. The Kier molecular flexibility index (Phi) is 3.88. The van der Waals surface area contributed by atoms with Crippen LogP contribution in [0.3, 0.4) is 0 Å². The predicted octanol–water partition coefficient (Wildman–Crippen LogP) is 2.50. The first kappa shape index (κ1) is 12.2. The maximum absolute atomic E-state index is 11.7. The van der Waals surface area contributed by atoms with Gasteiger partial charge in [0, 0.05) is 0 Å². The van der Waals surface area contributed by atoms with Crippen molar-refractivity contribution in [2.75, 3.05) is 0 Å². The van der Waals surface area contributed by atoms with Crippen molar-refractivity contribution >= 4 is 10.1 Å². The van der Waals surface area contributed by atoms with Gasteiger partial charge in [-0.05, 0) is 32.4 Å². The molecule has 1 aromatic rings. The van der Waals surface area contributed by atoms with Crippen LogP contribution in [0.25, 0.3) is 0 Å². The van der Waals surface area contributed by atoms with Crippen molar-refractivity contribution in [3.63, 3.8) is 0 Å². The first-order valence-electron chi connectivity index (χ1n) is 4.95. The lowest BCUT2D eigenvalue weighted by atomic mass is 10.2. The zero-order chi connectivity index (χ0) is 11.5. The van der Waals surface area contributed by atoms with Gasteiger partial charge in [-0.2, -0.15) is 8.42 Å². The average molecular weight is 228 g/mol. The van der Waals surface area contributed by atoms with Crippen LogP contribution < -0.4 is 0 Å². The summed E-state index contributed by atoms with van der Waals surface area (Å²) in [6.07, 6.45) is 0.391. The van der Waals surface area contributed by atoms with Crippen molar-refractivity contribution in [1.29, 1.82) is 0 Å². The molecule has 0 heterocycles. The second kappa shape index (κ2) is 4.77. The third-order valence-electron chi connectivity index (χ3n) is 2.18. The normalized spacial score (nSPS) is 13.8. The van der Waals surface area contributed by atoms with E-state index in [0.29, 0.717) is 6.42 Å². The summed E-state index contributed by atoms with van der Waals surface area (Å²) in [6.45, 7) is 5.53. The molecule has 3 nitrogen and oxygen atoms in total. The van der Waals surface area contributed by atoms with Crippen LogP contribution in [0.5, 0.6) is 0 Å². The average Bonchev–Trinajstić information content (AvgIpc) is 2.17. The molecule has 4 heteroatoms. The summed E-state index contributed by atoms with van der Waals surface area (Å²) in [7, 11) is -3.59. The maximum atomic E-state index is 11.7. The van der Waals surface area contributed by atoms with Crippen LogP contribution in [0.15, 0.2) is 29.2 Å². The molecule has 0 fully saturated rings. The molecule has 0 aliphatic heterocycles. The van der Waals surface area contributed by atoms with Crippen LogP contribution in [0.2, 0.25) is 0 Å². The molecule has 0 saturated carbocycles. The lowest BCUT2D eigenvalue weighted by Gasteiger charge is -2.10. The molecule has 0 bridgehead atoms. The maximum Gasteiger partial charge on any atom is 0.297 e. The summed E-state index contributed by atoms with van der Waals surface area (Å²) in [6, 6.07) is 6.64. The minimum absolute atomic E-state index is 0.216. The van der Waals surface area contributed by atoms with E-state index in [1.165, 1.54) is 0 Å². The van der Waals surface area contributed by atoms with Crippen LogP contribution in [-0.4, -0.2) is 14.5 Å². The van der Waals surface area contributed by atoms with Gasteiger partial charge in [0.1, 0.15) is 0 Å². The first-order chi connectivity index (χ1) is 6.95. The quantitative estimate of drug-likeness (QED) is 0.744. The fourth-order valence-electron chi connectivity index (χ4n) is 1.04. The SMILES string of the molecule is CC[C@H](C)OS(=O)(=O)c1ccc(C)cc1. The van der Waals surface area contributed by atoms with Gasteiger partial charge in [-0.15, -0.1) is 0 Å². The molecule has 0 unspecified atom stereocenters. The number of aryl methyl sites for hydroxylation is 1. The molecule has 0 aliphatic rings. The minimum Gasteiger partial charge on any atom is -0.263 e. The van der Waals surface area contributed by atoms with Gasteiger partial charge in [0.05, 0.1) is 11.0 Å². The lowest BCUT2D eigenvalue weighted by molar-refractivity contribution is 0.224. The second-order valence-electron chi connectivity index (χ2n) is 3.58. The van der Waals surface area contributed by atoms with Crippen LogP contribution in [0.4, 0.5) is 0 Å². The molecule has 84 valence electrons. The molecule has 0 N–H and O–H groups in total. The van der Waals surface area contributed by atoms with Gasteiger partial charge in [-0.25, -0.2) is 0 Å². The van der Waals surface area contributed by atoms with E-state index in [9.17, 15) is 8.42 Å². The molecule has 0 radical (unpaired) electrons. The van der Waals surface area contributed by atoms with Gasteiger partial charge in [0.25, 0.3) is 10.1 Å². The third-order valence-corrected chi connectivity index (χ3v) is 3.61. The summed E-state index contributed by atoms with van der Waals surface area (Å²) in [5, 5.41) is 0. The van der Waals surface area contributed by atoms with Crippen LogP contribution >= 0.6 is 0 Å². The predicted molar refractivity (Wildman–Crippen MR) is 59.2 cm³/mol. The summed E-state index contributed by atoms with van der Waals surface area (Å²) in [5.74, 6) is 0. The monoisotopic (exact) mass is 228 g/mol. The zero-order valence-electron chi connectivity index (χ0n) is 9.23. The van der Waals surface area contributed by atoms with Gasteiger partial charge < -0.3 is 0 Å². The number of benzene rings is 1. The molecule has 1 aromatic carbocycles. The van der Waals surface area contributed by atoms with Crippen molar-refractivity contribution in [3.05, 3.63) is 29.8 Å². The van der Waals surface area contributed by atoms with E-state index < -0.39 is 10.1 Å². The van der Waals surface area contributed by atoms with E-state index in [2.05, 4.69) is 0 Å². The molecule has 15 heavy (non-hydrogen) atoms. The van der Waals surface area contributed by atoms with Gasteiger partial charge in [-0.3, -0.25) is 4.18 Å². The van der Waals surface area contributed by atoms with Crippen molar-refractivity contribution in [3.8, 4) is 0 Å². The van der Waals surface area contributed by atoms with E-state index in [1.54, 1.807) is 31.2 Å². The third kappa shape index (κ3) is 3.32. The van der Waals surface area contributed by atoms with E-state index in [-0.39, 0.29) is 11.0 Å². The van der Waals surface area contributed by atoms with Crippen molar-refractivity contribution < 1.29 is 12.6 Å². The Morgan fingerprint density at radius 1 is 1.27 bits per heavy atom. The zero-order valence-corrected chi connectivity index (χ0v) is 10.0. The molecule has 1 atom stereocenters. The number of hydrogen-bond donors (Lipinski definition) is 0. The van der Waals surface area contributed by atoms with Crippen molar-refractivity contribution in [2.24, 2.45) is 0 Å². The van der Waals surface area contributed by atoms with Gasteiger partial charge in [-0.1, -0.05) is 24.6 Å². The van der Waals surface area contributed by atoms with Crippen LogP contribution in [-0.2, 0) is 14.3 Å². The van der Waals surface area contributed by atoms with Crippen molar-refractivity contribution in [2.45, 2.75) is 38.2 Å². The lowest BCUT2D eigenvalue weighted by Crippen LogP contribution is -2.14. The summed E-state index contributed by atoms with van der Waals surface area (Å²) < 4.78 is 28.4. The summed E-state index contributed by atoms with van der Waals surface area (Å²) in [5.41, 5.74) is 1.03. The fourth-order valence-corrected chi connectivity index (χ4v) is 2.19. The van der Waals surface area contributed by atoms with Crippen LogP contribution in [0, 0.1) is 6.92 Å². The van der Waals surface area contributed by atoms with Crippen LogP contribution in [0.1, 0.15) is 25.8 Å². The Morgan fingerprint density at radius 3 is 2.27 bits per heavy atom. The number of rotatable bonds is 4. The van der Waals surface area contributed by atoms with Gasteiger partial charge in [0.15, 0.2) is 0 Å². The largest absolute Gasteiger partial charge is 0.297 e. The van der Waals surface area contributed by atoms with E-state index >= 15 is 0 Å². The summed E-state index contributed by atoms with van der Waals surface area (Å²) in [4.78, 5) is 0.216. The Balaban J connectivity index is 2.91. The van der Waals surface area contributed by atoms with E-state index in [1.807, 2.05) is 13.8 Å². The number of hydrogen-bond acceptors (Lipinski definition) is 3. The van der Waals surface area contributed by atoms with Gasteiger partial charge in [0.2, 0.25) is 0 Å². The van der Waals surface area contributed by atoms with Gasteiger partial charge >= 0.3 is 0 Å². The second-order valence-corrected chi connectivity index (χ2v) is 5.15. The first-order valence-corrected chi connectivity index (χ1v) is 6.36. The minimum atomic E-state index is -3.59. The van der Waals surface area contributed by atoms with E-state index in [4.69, 9.17) is 4.18 Å². The standard InChI is InChI=1S/C11H16O3S/c1-4-10(3)14-15(12,13)11-7-5-9(2)6-8-11/h5-8,10H,4H2,1-3H3/t10-/m0/s1. The van der Waals surface area contributed by atoms with Crippen molar-refractivity contribution in [1.82, 2.24) is 0 Å². The molecule has 0 saturated heterocycles. The molecule has 0 spiro atoms. The molecular weight excluding hydrogens is 212 g/mol. The molecule has 0 amide bonds. The highest BCUT2D eigenvalue weighted by Gasteiger charge is 2.17. The molecule has 0 aromatic heterocycles. The smallest absolute Gasteiger partial charge is 0.263 e. The highest BCUT2D eigenvalue weighted by Crippen LogP contribution is 2.15. The Bertz CT molecular complexity index is 406. The highest BCUT2D eigenvalue weighted by atomic mass is 32.2. The molecule has 1 rings (SSSR count). The fraction of sp³-hybridized carbons (Fsp3) is 0.455.